The minimum absolute atomic E-state index is 0.0191. The number of hydrogen-bond acceptors (Lipinski definition) is 5. The molecule has 0 saturated carbocycles. The zero-order valence-corrected chi connectivity index (χ0v) is 23.0. The molecule has 0 aliphatic carbocycles. The van der Waals surface area contributed by atoms with E-state index in [2.05, 4.69) is 5.32 Å². The molecule has 0 fully saturated rings. The van der Waals surface area contributed by atoms with E-state index < -0.39 is 28.5 Å². The summed E-state index contributed by atoms with van der Waals surface area (Å²) < 4.78 is 40.2. The summed E-state index contributed by atoms with van der Waals surface area (Å²) in [5, 5.41) is 3.04. The molecule has 1 N–H and O–H groups in total. The van der Waals surface area contributed by atoms with Crippen LogP contribution < -0.4 is 19.1 Å². The quantitative estimate of drug-likeness (QED) is 0.269. The SMILES string of the molecule is CCOc1ccc(N(CC(=O)NC(c2ccccc2)c2ccccc2)S(=O)(=O)c2cc(C)ccc2OC)cc1. The highest BCUT2D eigenvalue weighted by atomic mass is 32.2. The number of methoxy groups -OCH3 is 1. The third-order valence-electron chi connectivity index (χ3n) is 6.18. The minimum atomic E-state index is -4.20. The Labute approximate surface area is 230 Å². The summed E-state index contributed by atoms with van der Waals surface area (Å²) >= 11 is 0. The summed E-state index contributed by atoms with van der Waals surface area (Å²) in [5.41, 5.74) is 2.84. The van der Waals surface area contributed by atoms with Gasteiger partial charge in [-0.15, -0.1) is 0 Å². The Morgan fingerprint density at radius 2 is 1.46 bits per heavy atom. The van der Waals surface area contributed by atoms with E-state index in [1.54, 1.807) is 49.4 Å². The Balaban J connectivity index is 1.72. The van der Waals surface area contributed by atoms with Crippen molar-refractivity contribution >= 4 is 21.6 Å². The molecule has 8 heteroatoms. The van der Waals surface area contributed by atoms with Crippen LogP contribution in [0.5, 0.6) is 11.5 Å². The highest BCUT2D eigenvalue weighted by Crippen LogP contribution is 2.32. The lowest BCUT2D eigenvalue weighted by Gasteiger charge is -2.27. The van der Waals surface area contributed by atoms with Crippen molar-refractivity contribution in [1.29, 1.82) is 0 Å². The number of carbonyl (C=O) groups is 1. The summed E-state index contributed by atoms with van der Waals surface area (Å²) in [6.45, 7) is 3.71. The molecule has 0 aliphatic rings. The first-order valence-corrected chi connectivity index (χ1v) is 14.1. The molecule has 0 radical (unpaired) electrons. The predicted molar refractivity (Wildman–Crippen MR) is 153 cm³/mol. The highest BCUT2D eigenvalue weighted by Gasteiger charge is 2.31. The van der Waals surface area contributed by atoms with Gasteiger partial charge < -0.3 is 14.8 Å². The Morgan fingerprint density at radius 1 is 0.872 bits per heavy atom. The van der Waals surface area contributed by atoms with Gasteiger partial charge in [0.25, 0.3) is 10.0 Å². The van der Waals surface area contributed by atoms with Crippen molar-refractivity contribution in [2.75, 3.05) is 24.6 Å². The molecule has 4 aromatic carbocycles. The maximum absolute atomic E-state index is 14.1. The monoisotopic (exact) mass is 544 g/mol. The van der Waals surface area contributed by atoms with Gasteiger partial charge >= 0.3 is 0 Å². The molecule has 4 aromatic rings. The second kappa shape index (κ2) is 12.5. The van der Waals surface area contributed by atoms with Gasteiger partial charge in [-0.1, -0.05) is 66.7 Å². The first-order chi connectivity index (χ1) is 18.8. The molecule has 1 amide bonds. The highest BCUT2D eigenvalue weighted by molar-refractivity contribution is 7.93. The van der Waals surface area contributed by atoms with Crippen molar-refractivity contribution in [1.82, 2.24) is 5.32 Å². The van der Waals surface area contributed by atoms with Gasteiger partial charge in [-0.25, -0.2) is 8.42 Å². The number of ether oxygens (including phenoxy) is 2. The third-order valence-corrected chi connectivity index (χ3v) is 7.98. The third kappa shape index (κ3) is 6.59. The summed E-state index contributed by atoms with van der Waals surface area (Å²) in [4.78, 5) is 13.6. The lowest BCUT2D eigenvalue weighted by Crippen LogP contribution is -2.42. The molecule has 0 unspecified atom stereocenters. The Morgan fingerprint density at radius 3 is 2.00 bits per heavy atom. The van der Waals surface area contributed by atoms with Gasteiger partial charge in [0.05, 0.1) is 25.4 Å². The van der Waals surface area contributed by atoms with Crippen molar-refractivity contribution in [3.05, 3.63) is 120 Å². The van der Waals surface area contributed by atoms with Crippen LogP contribution in [-0.2, 0) is 14.8 Å². The van der Waals surface area contributed by atoms with Crippen LogP contribution >= 0.6 is 0 Å². The standard InChI is InChI=1S/C31H32N2O5S/c1-4-38-27-18-16-26(17-19-27)33(39(35,36)29-21-23(2)15-20-28(29)37-3)22-30(34)32-31(24-11-7-5-8-12-24)25-13-9-6-10-14-25/h5-21,31H,4,22H2,1-3H3,(H,32,34). The van der Waals surface area contributed by atoms with Crippen LogP contribution in [0.25, 0.3) is 0 Å². The van der Waals surface area contributed by atoms with Crippen LogP contribution in [0.15, 0.2) is 108 Å². The molecule has 4 rings (SSSR count). The van der Waals surface area contributed by atoms with E-state index in [1.165, 1.54) is 7.11 Å². The van der Waals surface area contributed by atoms with Crippen LogP contribution in [0.1, 0.15) is 29.7 Å². The molecule has 0 atom stereocenters. The topological polar surface area (TPSA) is 84.9 Å². The van der Waals surface area contributed by atoms with Gasteiger partial charge in [0.15, 0.2) is 0 Å². The van der Waals surface area contributed by atoms with Crippen molar-refractivity contribution in [3.8, 4) is 11.5 Å². The fourth-order valence-electron chi connectivity index (χ4n) is 4.28. The van der Waals surface area contributed by atoms with Crippen molar-refractivity contribution in [2.24, 2.45) is 0 Å². The van der Waals surface area contributed by atoms with E-state index >= 15 is 0 Å². The van der Waals surface area contributed by atoms with Gasteiger partial charge in [0.2, 0.25) is 5.91 Å². The van der Waals surface area contributed by atoms with Gasteiger partial charge in [-0.3, -0.25) is 9.10 Å². The molecule has 39 heavy (non-hydrogen) atoms. The van der Waals surface area contributed by atoms with E-state index in [0.29, 0.717) is 18.0 Å². The fourth-order valence-corrected chi connectivity index (χ4v) is 5.95. The lowest BCUT2D eigenvalue weighted by atomic mass is 9.99. The maximum Gasteiger partial charge on any atom is 0.268 e. The summed E-state index contributed by atoms with van der Waals surface area (Å²) in [5.74, 6) is 0.338. The molecule has 0 aliphatic heterocycles. The van der Waals surface area contributed by atoms with E-state index in [9.17, 15) is 13.2 Å². The number of nitrogens with zero attached hydrogens (tertiary/aromatic N) is 1. The maximum atomic E-state index is 14.1. The zero-order chi connectivity index (χ0) is 27.8. The average Bonchev–Trinajstić information content (AvgIpc) is 2.96. The number of carbonyl (C=O) groups excluding carboxylic acids is 1. The van der Waals surface area contributed by atoms with Crippen LogP contribution in [-0.4, -0.2) is 34.6 Å². The number of rotatable bonds is 11. The second-order valence-electron chi connectivity index (χ2n) is 8.91. The van der Waals surface area contributed by atoms with E-state index in [-0.39, 0.29) is 10.6 Å². The first kappa shape index (κ1) is 27.7. The number of aryl methyl sites for hydroxylation is 1. The van der Waals surface area contributed by atoms with Crippen LogP contribution in [0.4, 0.5) is 5.69 Å². The fraction of sp³-hybridized carbons (Fsp3) is 0.194. The molecular weight excluding hydrogens is 512 g/mol. The largest absolute Gasteiger partial charge is 0.495 e. The number of nitrogens with one attached hydrogen (secondary N) is 1. The van der Waals surface area contributed by atoms with E-state index in [1.807, 2.05) is 67.6 Å². The van der Waals surface area contributed by atoms with Gasteiger partial charge in [-0.2, -0.15) is 0 Å². The van der Waals surface area contributed by atoms with Crippen molar-refractivity contribution < 1.29 is 22.7 Å². The molecule has 0 heterocycles. The minimum Gasteiger partial charge on any atom is -0.495 e. The summed E-state index contributed by atoms with van der Waals surface area (Å²) in [7, 11) is -2.78. The predicted octanol–water partition coefficient (Wildman–Crippen LogP) is 5.50. The van der Waals surface area contributed by atoms with Crippen LogP contribution in [0.3, 0.4) is 0 Å². The number of sulfonamides is 1. The molecule has 0 saturated heterocycles. The Hall–Kier alpha value is -4.30. The van der Waals surface area contributed by atoms with Crippen molar-refractivity contribution in [3.63, 3.8) is 0 Å². The Kier molecular flexibility index (Phi) is 8.88. The molecule has 202 valence electrons. The van der Waals surface area contributed by atoms with Crippen LogP contribution in [0, 0.1) is 6.92 Å². The number of amides is 1. The average molecular weight is 545 g/mol. The number of benzene rings is 4. The van der Waals surface area contributed by atoms with Crippen molar-refractivity contribution in [2.45, 2.75) is 24.8 Å². The lowest BCUT2D eigenvalue weighted by molar-refractivity contribution is -0.120. The molecule has 0 bridgehead atoms. The molecule has 7 nitrogen and oxygen atoms in total. The van der Waals surface area contributed by atoms with Gasteiger partial charge in [-0.05, 0) is 66.9 Å². The number of anilines is 1. The van der Waals surface area contributed by atoms with Gasteiger partial charge in [0.1, 0.15) is 22.9 Å². The molecule has 0 spiro atoms. The molecular formula is C31H32N2O5S. The smallest absolute Gasteiger partial charge is 0.268 e. The van der Waals surface area contributed by atoms with Gasteiger partial charge in [0, 0.05) is 0 Å². The van der Waals surface area contributed by atoms with E-state index in [0.717, 1.165) is 21.0 Å². The van der Waals surface area contributed by atoms with Crippen LogP contribution in [0.2, 0.25) is 0 Å². The first-order valence-electron chi connectivity index (χ1n) is 12.6. The zero-order valence-electron chi connectivity index (χ0n) is 22.2. The molecule has 0 aromatic heterocycles. The van der Waals surface area contributed by atoms with E-state index in [4.69, 9.17) is 9.47 Å². The summed E-state index contributed by atoms with van der Waals surface area (Å²) in [6, 6.07) is 30.2. The summed E-state index contributed by atoms with van der Waals surface area (Å²) in [6.07, 6.45) is 0. The second-order valence-corrected chi connectivity index (χ2v) is 10.7. The Bertz CT molecular complexity index is 1450. The number of hydrogen-bond donors (Lipinski definition) is 1. The normalized spacial score (nSPS) is 11.2.